The van der Waals surface area contributed by atoms with Crippen LogP contribution in [0.3, 0.4) is 0 Å². The number of carbonyl (C=O) groups is 1. The third kappa shape index (κ3) is 1.12. The molecule has 0 aliphatic carbocycles. The van der Waals surface area contributed by atoms with Crippen LogP contribution in [0.15, 0.2) is 22.8 Å². The van der Waals surface area contributed by atoms with Crippen molar-refractivity contribution in [2.45, 2.75) is 6.92 Å². The molecule has 0 saturated carbocycles. The number of hydrogen-bond acceptors (Lipinski definition) is 3. The molecule has 0 atom stereocenters. The lowest BCUT2D eigenvalue weighted by atomic mass is 10.1. The first-order valence-electron chi connectivity index (χ1n) is 4.14. The van der Waals surface area contributed by atoms with Gasteiger partial charge in [-0.25, -0.2) is 0 Å². The van der Waals surface area contributed by atoms with Crippen LogP contribution in [0.4, 0.5) is 5.69 Å². The highest BCUT2D eigenvalue weighted by Crippen LogP contribution is 2.35. The van der Waals surface area contributed by atoms with E-state index in [0.717, 1.165) is 5.56 Å². The molecule has 2 aromatic rings. The molecule has 0 spiro atoms. The second-order valence-corrected chi connectivity index (χ2v) is 3.02. The van der Waals surface area contributed by atoms with Gasteiger partial charge in [-0.15, -0.1) is 0 Å². The normalized spacial score (nSPS) is 10.4. The summed E-state index contributed by atoms with van der Waals surface area (Å²) in [6.07, 6.45) is 2.09. The van der Waals surface area contributed by atoms with Gasteiger partial charge in [0.2, 0.25) is 6.41 Å². The molecule has 14 heavy (non-hydrogen) atoms. The molecule has 1 aromatic carbocycles. The van der Waals surface area contributed by atoms with Crippen molar-refractivity contribution in [3.05, 3.63) is 24.0 Å². The number of anilines is 1. The second-order valence-electron chi connectivity index (χ2n) is 3.02. The Balaban J connectivity index is 2.72. The number of rotatable bonds is 2. The number of amides is 1. The standard InChI is InChI=1S/C10H9NO3/c1-6-4-14-8-3-2-7(11-5-12)10(13)9(6)8/h2-5,13H,1H3,(H,11,12). The molecule has 0 aliphatic heterocycles. The van der Waals surface area contributed by atoms with Crippen LogP contribution in [-0.2, 0) is 4.79 Å². The van der Waals surface area contributed by atoms with E-state index in [4.69, 9.17) is 4.42 Å². The van der Waals surface area contributed by atoms with Gasteiger partial charge in [-0.3, -0.25) is 4.79 Å². The summed E-state index contributed by atoms with van der Waals surface area (Å²) in [5.41, 5.74) is 1.83. The smallest absolute Gasteiger partial charge is 0.211 e. The Kier molecular flexibility index (Phi) is 1.89. The molecule has 0 fully saturated rings. The lowest BCUT2D eigenvalue weighted by Crippen LogP contribution is -1.93. The molecular weight excluding hydrogens is 182 g/mol. The first-order chi connectivity index (χ1) is 6.74. The SMILES string of the molecule is Cc1coc2ccc(NC=O)c(O)c12. The van der Waals surface area contributed by atoms with E-state index in [0.29, 0.717) is 23.1 Å². The Morgan fingerprint density at radius 1 is 1.50 bits per heavy atom. The molecule has 0 unspecified atom stereocenters. The van der Waals surface area contributed by atoms with E-state index in [-0.39, 0.29) is 5.75 Å². The highest BCUT2D eigenvalue weighted by molar-refractivity contribution is 5.94. The number of hydrogen-bond donors (Lipinski definition) is 2. The lowest BCUT2D eigenvalue weighted by Gasteiger charge is -2.02. The molecule has 1 aromatic heterocycles. The molecule has 0 aliphatic rings. The van der Waals surface area contributed by atoms with Crippen LogP contribution in [0, 0.1) is 6.92 Å². The number of aryl methyl sites for hydroxylation is 1. The molecule has 4 heteroatoms. The summed E-state index contributed by atoms with van der Waals surface area (Å²) in [6, 6.07) is 3.29. The maximum atomic E-state index is 10.2. The third-order valence-corrected chi connectivity index (χ3v) is 2.11. The van der Waals surface area contributed by atoms with Crippen molar-refractivity contribution in [3.63, 3.8) is 0 Å². The number of benzene rings is 1. The predicted molar refractivity (Wildman–Crippen MR) is 52.3 cm³/mol. The van der Waals surface area contributed by atoms with Gasteiger partial charge in [-0.1, -0.05) is 0 Å². The maximum Gasteiger partial charge on any atom is 0.211 e. The van der Waals surface area contributed by atoms with Crippen molar-refractivity contribution < 1.29 is 14.3 Å². The molecule has 2 rings (SSSR count). The van der Waals surface area contributed by atoms with Gasteiger partial charge in [0.05, 0.1) is 17.3 Å². The Hall–Kier alpha value is -1.97. The zero-order valence-electron chi connectivity index (χ0n) is 7.57. The number of phenolic OH excluding ortho intramolecular Hbond substituents is 1. The zero-order chi connectivity index (χ0) is 10.1. The molecule has 1 heterocycles. The first-order valence-corrected chi connectivity index (χ1v) is 4.14. The van der Waals surface area contributed by atoms with Gasteiger partial charge in [-0.05, 0) is 24.6 Å². The fourth-order valence-electron chi connectivity index (χ4n) is 1.44. The summed E-state index contributed by atoms with van der Waals surface area (Å²) >= 11 is 0. The predicted octanol–water partition coefficient (Wildman–Crippen LogP) is 2.02. The zero-order valence-corrected chi connectivity index (χ0v) is 7.57. The number of carbonyl (C=O) groups excluding carboxylic acids is 1. The molecule has 0 bridgehead atoms. The Morgan fingerprint density at radius 3 is 3.00 bits per heavy atom. The number of fused-ring (bicyclic) bond motifs is 1. The highest BCUT2D eigenvalue weighted by atomic mass is 16.3. The van der Waals surface area contributed by atoms with Crippen molar-refractivity contribution in [1.82, 2.24) is 0 Å². The number of phenols is 1. The summed E-state index contributed by atoms with van der Waals surface area (Å²) in [5, 5.41) is 12.8. The molecule has 4 nitrogen and oxygen atoms in total. The molecule has 1 amide bonds. The molecule has 0 saturated heterocycles. The molecular formula is C10H9NO3. The third-order valence-electron chi connectivity index (χ3n) is 2.11. The van der Waals surface area contributed by atoms with Crippen molar-refractivity contribution in [3.8, 4) is 5.75 Å². The maximum absolute atomic E-state index is 10.2. The summed E-state index contributed by atoms with van der Waals surface area (Å²) in [4.78, 5) is 10.2. The van der Waals surface area contributed by atoms with Crippen LogP contribution < -0.4 is 5.32 Å². The van der Waals surface area contributed by atoms with Gasteiger partial charge in [0.1, 0.15) is 11.3 Å². The van der Waals surface area contributed by atoms with Crippen molar-refractivity contribution in [2.24, 2.45) is 0 Å². The quantitative estimate of drug-likeness (QED) is 0.563. The summed E-state index contributed by atoms with van der Waals surface area (Å²) in [7, 11) is 0. The monoisotopic (exact) mass is 191 g/mol. The van der Waals surface area contributed by atoms with Gasteiger partial charge in [0.15, 0.2) is 0 Å². The first kappa shape index (κ1) is 8.62. The van der Waals surface area contributed by atoms with E-state index in [1.807, 2.05) is 6.92 Å². The fraction of sp³-hybridized carbons (Fsp3) is 0.100. The minimum Gasteiger partial charge on any atom is -0.505 e. The van der Waals surface area contributed by atoms with Crippen LogP contribution >= 0.6 is 0 Å². The number of aromatic hydroxyl groups is 1. The van der Waals surface area contributed by atoms with Crippen molar-refractivity contribution in [1.29, 1.82) is 0 Å². The van der Waals surface area contributed by atoms with Gasteiger partial charge in [0.25, 0.3) is 0 Å². The van der Waals surface area contributed by atoms with Crippen LogP contribution in [0.5, 0.6) is 5.75 Å². The minimum atomic E-state index is 0.0425. The number of nitrogens with one attached hydrogen (secondary N) is 1. The molecule has 2 N–H and O–H groups in total. The van der Waals surface area contributed by atoms with Crippen LogP contribution in [0.25, 0.3) is 11.0 Å². The molecule has 72 valence electrons. The van der Waals surface area contributed by atoms with Crippen LogP contribution in [0.2, 0.25) is 0 Å². The minimum absolute atomic E-state index is 0.0425. The average molecular weight is 191 g/mol. The number of furan rings is 1. The second kappa shape index (κ2) is 3.06. The molecule has 0 radical (unpaired) electrons. The van der Waals surface area contributed by atoms with E-state index in [2.05, 4.69) is 5.32 Å². The van der Waals surface area contributed by atoms with Crippen LogP contribution in [0.1, 0.15) is 5.56 Å². The van der Waals surface area contributed by atoms with Gasteiger partial charge in [-0.2, -0.15) is 0 Å². The highest BCUT2D eigenvalue weighted by Gasteiger charge is 2.10. The Bertz CT molecular complexity index is 487. The van der Waals surface area contributed by atoms with E-state index in [1.165, 1.54) is 0 Å². The van der Waals surface area contributed by atoms with Crippen molar-refractivity contribution in [2.75, 3.05) is 5.32 Å². The Labute approximate surface area is 80.1 Å². The van der Waals surface area contributed by atoms with Gasteiger partial charge < -0.3 is 14.8 Å². The van der Waals surface area contributed by atoms with E-state index >= 15 is 0 Å². The van der Waals surface area contributed by atoms with Crippen molar-refractivity contribution >= 4 is 23.1 Å². The summed E-state index contributed by atoms with van der Waals surface area (Å²) in [5.74, 6) is 0.0425. The van der Waals surface area contributed by atoms with E-state index < -0.39 is 0 Å². The van der Waals surface area contributed by atoms with E-state index in [9.17, 15) is 9.90 Å². The fourth-order valence-corrected chi connectivity index (χ4v) is 1.44. The summed E-state index contributed by atoms with van der Waals surface area (Å²) < 4.78 is 5.19. The summed E-state index contributed by atoms with van der Waals surface area (Å²) in [6.45, 7) is 1.83. The van der Waals surface area contributed by atoms with Gasteiger partial charge >= 0.3 is 0 Å². The lowest BCUT2D eigenvalue weighted by molar-refractivity contribution is -0.105. The van der Waals surface area contributed by atoms with Gasteiger partial charge in [0, 0.05) is 0 Å². The van der Waals surface area contributed by atoms with E-state index in [1.54, 1.807) is 18.4 Å². The largest absolute Gasteiger partial charge is 0.505 e. The topological polar surface area (TPSA) is 62.5 Å². The van der Waals surface area contributed by atoms with Crippen LogP contribution in [-0.4, -0.2) is 11.5 Å². The Morgan fingerprint density at radius 2 is 2.29 bits per heavy atom. The average Bonchev–Trinajstić information content (AvgIpc) is 2.54.